The van der Waals surface area contributed by atoms with Crippen LogP contribution in [0.1, 0.15) is 32.3 Å². The van der Waals surface area contributed by atoms with E-state index < -0.39 is 0 Å². The van der Waals surface area contributed by atoms with E-state index in [1.807, 2.05) is 43.0 Å². The smallest absolute Gasteiger partial charge is 0.227 e. The summed E-state index contributed by atoms with van der Waals surface area (Å²) in [6.07, 6.45) is 1.89. The number of carbonyl (C=O) groups excluding carboxylic acids is 1. The molecule has 1 fully saturated rings. The van der Waals surface area contributed by atoms with Gasteiger partial charge in [-0.05, 0) is 32.3 Å². The lowest BCUT2D eigenvalue weighted by atomic mass is 9.96. The molecule has 1 unspecified atom stereocenters. The Balaban J connectivity index is 1.70. The summed E-state index contributed by atoms with van der Waals surface area (Å²) in [5.74, 6) is 1.96. The number of rotatable bonds is 7. The van der Waals surface area contributed by atoms with E-state index >= 15 is 0 Å². The Morgan fingerprint density at radius 2 is 2.00 bits per heavy atom. The number of carbonyl (C=O) groups is 1. The standard InChI is InChI=1S/C21H30N6O/c1-3-26(4-2)20(28)17-11-8-12-27(15-17)19-13-18(24-21(22)25-19)23-14-16-9-6-5-7-10-16/h5-7,9-10,13,17H,3-4,8,11-12,14-15H2,1-2H3,(H3,22,23,24,25). The van der Waals surface area contributed by atoms with Crippen LogP contribution in [0.25, 0.3) is 0 Å². The van der Waals surface area contributed by atoms with Gasteiger partial charge >= 0.3 is 0 Å². The number of aromatic nitrogens is 2. The van der Waals surface area contributed by atoms with E-state index in [0.717, 1.165) is 38.3 Å². The zero-order valence-electron chi connectivity index (χ0n) is 16.8. The molecule has 0 radical (unpaired) electrons. The van der Waals surface area contributed by atoms with Crippen LogP contribution in [0.2, 0.25) is 0 Å². The molecule has 150 valence electrons. The van der Waals surface area contributed by atoms with Crippen molar-refractivity contribution in [2.45, 2.75) is 33.2 Å². The van der Waals surface area contributed by atoms with Crippen LogP contribution in [-0.2, 0) is 11.3 Å². The second-order valence-electron chi connectivity index (χ2n) is 7.10. The van der Waals surface area contributed by atoms with Crippen molar-refractivity contribution < 1.29 is 4.79 Å². The summed E-state index contributed by atoms with van der Waals surface area (Å²) in [6.45, 7) is 7.76. The molecule has 2 aromatic rings. The summed E-state index contributed by atoms with van der Waals surface area (Å²) in [4.78, 5) is 25.6. The van der Waals surface area contributed by atoms with Crippen molar-refractivity contribution in [3.05, 3.63) is 42.0 Å². The number of benzene rings is 1. The first kappa shape index (κ1) is 19.9. The maximum Gasteiger partial charge on any atom is 0.227 e. The Labute approximate surface area is 167 Å². The molecule has 0 spiro atoms. The van der Waals surface area contributed by atoms with E-state index in [2.05, 4.69) is 32.3 Å². The van der Waals surface area contributed by atoms with Crippen LogP contribution in [0.4, 0.5) is 17.6 Å². The molecule has 2 heterocycles. The molecular formula is C21H30N6O. The van der Waals surface area contributed by atoms with Gasteiger partial charge in [-0.15, -0.1) is 0 Å². The van der Waals surface area contributed by atoms with Crippen molar-refractivity contribution in [2.24, 2.45) is 5.92 Å². The summed E-state index contributed by atoms with van der Waals surface area (Å²) in [5, 5.41) is 3.32. The van der Waals surface area contributed by atoms with E-state index in [1.165, 1.54) is 5.56 Å². The number of nitrogen functional groups attached to an aromatic ring is 1. The number of hydrogen-bond donors (Lipinski definition) is 2. The van der Waals surface area contributed by atoms with Gasteiger partial charge < -0.3 is 20.9 Å². The summed E-state index contributed by atoms with van der Waals surface area (Å²) >= 11 is 0. The molecule has 3 N–H and O–H groups in total. The van der Waals surface area contributed by atoms with E-state index in [-0.39, 0.29) is 17.8 Å². The van der Waals surface area contributed by atoms with Gasteiger partial charge in [-0.2, -0.15) is 9.97 Å². The topological polar surface area (TPSA) is 87.4 Å². The van der Waals surface area contributed by atoms with Crippen molar-refractivity contribution in [3.8, 4) is 0 Å². The minimum Gasteiger partial charge on any atom is -0.368 e. The number of nitrogens with two attached hydrogens (primary N) is 1. The van der Waals surface area contributed by atoms with Crippen molar-refractivity contribution in [3.63, 3.8) is 0 Å². The van der Waals surface area contributed by atoms with Crippen LogP contribution in [0, 0.1) is 5.92 Å². The fourth-order valence-electron chi connectivity index (χ4n) is 3.67. The van der Waals surface area contributed by atoms with Gasteiger partial charge in [-0.25, -0.2) is 0 Å². The Kier molecular flexibility index (Phi) is 6.68. The zero-order chi connectivity index (χ0) is 19.9. The number of hydrogen-bond acceptors (Lipinski definition) is 6. The second-order valence-corrected chi connectivity index (χ2v) is 7.10. The third kappa shape index (κ3) is 4.91. The monoisotopic (exact) mass is 382 g/mol. The van der Waals surface area contributed by atoms with Crippen molar-refractivity contribution in [1.29, 1.82) is 0 Å². The lowest BCUT2D eigenvalue weighted by Gasteiger charge is -2.35. The number of piperidine rings is 1. The van der Waals surface area contributed by atoms with Crippen LogP contribution >= 0.6 is 0 Å². The molecule has 0 aliphatic carbocycles. The minimum absolute atomic E-state index is 0.00516. The van der Waals surface area contributed by atoms with Gasteiger partial charge in [0.1, 0.15) is 11.6 Å². The number of nitrogens with zero attached hydrogens (tertiary/aromatic N) is 4. The van der Waals surface area contributed by atoms with Gasteiger partial charge in [-0.3, -0.25) is 4.79 Å². The van der Waals surface area contributed by atoms with Gasteiger partial charge in [0.15, 0.2) is 0 Å². The molecule has 1 aromatic heterocycles. The summed E-state index contributed by atoms with van der Waals surface area (Å²) in [7, 11) is 0. The molecule has 1 amide bonds. The first-order chi connectivity index (χ1) is 13.6. The van der Waals surface area contributed by atoms with Gasteiger partial charge in [0.25, 0.3) is 0 Å². The average Bonchev–Trinajstić information content (AvgIpc) is 2.73. The van der Waals surface area contributed by atoms with Crippen LogP contribution in [-0.4, -0.2) is 47.0 Å². The molecule has 1 saturated heterocycles. The number of amides is 1. The zero-order valence-corrected chi connectivity index (χ0v) is 16.8. The van der Waals surface area contributed by atoms with E-state index in [1.54, 1.807) is 0 Å². The maximum atomic E-state index is 12.8. The number of nitrogens with one attached hydrogen (secondary N) is 1. The molecule has 0 saturated carbocycles. The molecular weight excluding hydrogens is 352 g/mol. The van der Waals surface area contributed by atoms with Gasteiger partial charge in [0, 0.05) is 38.8 Å². The third-order valence-corrected chi connectivity index (χ3v) is 5.22. The van der Waals surface area contributed by atoms with Crippen LogP contribution in [0.3, 0.4) is 0 Å². The third-order valence-electron chi connectivity index (χ3n) is 5.22. The fourth-order valence-corrected chi connectivity index (χ4v) is 3.67. The highest BCUT2D eigenvalue weighted by atomic mass is 16.2. The van der Waals surface area contributed by atoms with Crippen molar-refractivity contribution >= 4 is 23.5 Å². The van der Waals surface area contributed by atoms with Gasteiger partial charge in [0.2, 0.25) is 11.9 Å². The summed E-state index contributed by atoms with van der Waals surface area (Å²) in [5.41, 5.74) is 7.13. The van der Waals surface area contributed by atoms with Crippen molar-refractivity contribution in [1.82, 2.24) is 14.9 Å². The van der Waals surface area contributed by atoms with Crippen molar-refractivity contribution in [2.75, 3.05) is 42.1 Å². The Morgan fingerprint density at radius 3 is 2.71 bits per heavy atom. The highest BCUT2D eigenvalue weighted by Gasteiger charge is 2.29. The highest BCUT2D eigenvalue weighted by molar-refractivity contribution is 5.79. The molecule has 1 atom stereocenters. The van der Waals surface area contributed by atoms with Gasteiger partial charge in [-0.1, -0.05) is 30.3 Å². The van der Waals surface area contributed by atoms with E-state index in [4.69, 9.17) is 5.73 Å². The maximum absolute atomic E-state index is 12.8. The van der Waals surface area contributed by atoms with Gasteiger partial charge in [0.05, 0.1) is 5.92 Å². The fraction of sp³-hybridized carbons (Fsp3) is 0.476. The normalized spacial score (nSPS) is 16.6. The number of anilines is 3. The quantitative estimate of drug-likeness (QED) is 0.766. The van der Waals surface area contributed by atoms with Crippen LogP contribution in [0.5, 0.6) is 0 Å². The highest BCUT2D eigenvalue weighted by Crippen LogP contribution is 2.25. The van der Waals surface area contributed by atoms with E-state index in [9.17, 15) is 4.79 Å². The summed E-state index contributed by atoms with van der Waals surface area (Å²) in [6, 6.07) is 12.1. The molecule has 7 nitrogen and oxygen atoms in total. The predicted octanol–water partition coefficient (Wildman–Crippen LogP) is 2.76. The molecule has 1 aliphatic rings. The Hall–Kier alpha value is -2.83. The average molecular weight is 383 g/mol. The van der Waals surface area contributed by atoms with Crippen LogP contribution < -0.4 is 16.0 Å². The Morgan fingerprint density at radius 1 is 1.25 bits per heavy atom. The molecule has 3 rings (SSSR count). The Bertz CT molecular complexity index is 778. The minimum atomic E-state index is 0.00516. The molecule has 1 aliphatic heterocycles. The lowest BCUT2D eigenvalue weighted by molar-refractivity contribution is -0.135. The molecule has 7 heteroatoms. The van der Waals surface area contributed by atoms with Crippen LogP contribution in [0.15, 0.2) is 36.4 Å². The second kappa shape index (κ2) is 9.39. The lowest BCUT2D eigenvalue weighted by Crippen LogP contribution is -2.45. The van der Waals surface area contributed by atoms with E-state index in [0.29, 0.717) is 18.9 Å². The molecule has 0 bridgehead atoms. The SMILES string of the molecule is CCN(CC)C(=O)C1CCCN(c2cc(NCc3ccccc3)nc(N)n2)C1. The largest absolute Gasteiger partial charge is 0.368 e. The predicted molar refractivity (Wildman–Crippen MR) is 113 cm³/mol. The first-order valence-electron chi connectivity index (χ1n) is 10.1. The summed E-state index contributed by atoms with van der Waals surface area (Å²) < 4.78 is 0. The molecule has 28 heavy (non-hydrogen) atoms. The molecule has 1 aromatic carbocycles. The first-order valence-corrected chi connectivity index (χ1v) is 10.1.